The summed E-state index contributed by atoms with van der Waals surface area (Å²) in [5, 5.41) is 15.4. The maximum absolute atomic E-state index is 11.6. The first-order valence-electron chi connectivity index (χ1n) is 7.49. The lowest BCUT2D eigenvalue weighted by molar-refractivity contribution is -0.120. The molecule has 1 atom stereocenters. The molecule has 5 nitrogen and oxygen atoms in total. The molecule has 0 saturated carbocycles. The van der Waals surface area contributed by atoms with E-state index in [9.17, 15) is 9.90 Å². The van der Waals surface area contributed by atoms with E-state index in [1.165, 1.54) is 0 Å². The highest BCUT2D eigenvalue weighted by Crippen LogP contribution is 1.96. The summed E-state index contributed by atoms with van der Waals surface area (Å²) in [4.78, 5) is 11.6. The first-order chi connectivity index (χ1) is 10.2. The van der Waals surface area contributed by atoms with Crippen molar-refractivity contribution < 1.29 is 14.6 Å². The van der Waals surface area contributed by atoms with Gasteiger partial charge in [0.2, 0.25) is 5.91 Å². The van der Waals surface area contributed by atoms with Crippen molar-refractivity contribution in [1.29, 1.82) is 0 Å². The number of aliphatic hydroxyl groups is 1. The molecule has 0 radical (unpaired) electrons. The Balaban J connectivity index is 2.02. The van der Waals surface area contributed by atoms with Crippen LogP contribution in [0.2, 0.25) is 0 Å². The highest BCUT2D eigenvalue weighted by atomic mass is 16.5. The smallest absolute Gasteiger partial charge is 0.234 e. The minimum atomic E-state index is -0.580. The second-order valence-corrected chi connectivity index (χ2v) is 4.98. The van der Waals surface area contributed by atoms with Crippen LogP contribution in [0.4, 0.5) is 0 Å². The summed E-state index contributed by atoms with van der Waals surface area (Å²) in [6.07, 6.45) is 1.50. The van der Waals surface area contributed by atoms with Gasteiger partial charge in [-0.1, -0.05) is 43.7 Å². The van der Waals surface area contributed by atoms with Crippen molar-refractivity contribution in [3.63, 3.8) is 0 Å². The summed E-state index contributed by atoms with van der Waals surface area (Å²) in [6, 6.07) is 9.75. The molecular formula is C16H26N2O3. The number of amides is 1. The van der Waals surface area contributed by atoms with Crippen LogP contribution in [-0.2, 0) is 16.1 Å². The van der Waals surface area contributed by atoms with Crippen LogP contribution in [-0.4, -0.2) is 43.4 Å². The molecule has 0 saturated heterocycles. The average Bonchev–Trinajstić information content (AvgIpc) is 2.50. The van der Waals surface area contributed by atoms with Crippen molar-refractivity contribution in [3.05, 3.63) is 35.9 Å². The molecule has 0 aliphatic carbocycles. The molecule has 118 valence electrons. The van der Waals surface area contributed by atoms with Crippen molar-refractivity contribution in [1.82, 2.24) is 10.6 Å². The average molecular weight is 294 g/mol. The number of carbonyl (C=O) groups excluding carboxylic acids is 1. The van der Waals surface area contributed by atoms with Gasteiger partial charge in [-0.15, -0.1) is 0 Å². The molecule has 0 aromatic heterocycles. The topological polar surface area (TPSA) is 70.6 Å². The maximum atomic E-state index is 11.6. The Bertz CT molecular complexity index is 384. The van der Waals surface area contributed by atoms with Gasteiger partial charge >= 0.3 is 0 Å². The normalized spacial score (nSPS) is 12.1. The van der Waals surface area contributed by atoms with Gasteiger partial charge in [-0.3, -0.25) is 4.79 Å². The molecule has 0 fully saturated rings. The van der Waals surface area contributed by atoms with Gasteiger partial charge in [0.25, 0.3) is 0 Å². The molecule has 0 aliphatic rings. The van der Waals surface area contributed by atoms with Crippen molar-refractivity contribution >= 4 is 5.91 Å². The summed E-state index contributed by atoms with van der Waals surface area (Å²) in [5.41, 5.74) is 1.07. The summed E-state index contributed by atoms with van der Waals surface area (Å²) in [7, 11) is 0. The highest BCUT2D eigenvalue weighted by Gasteiger charge is 2.06. The van der Waals surface area contributed by atoms with Crippen LogP contribution >= 0.6 is 0 Å². The second-order valence-electron chi connectivity index (χ2n) is 4.98. The molecule has 1 rings (SSSR count). The van der Waals surface area contributed by atoms with Crippen LogP contribution in [0.25, 0.3) is 0 Å². The van der Waals surface area contributed by atoms with Gasteiger partial charge in [-0.05, 0) is 12.0 Å². The van der Waals surface area contributed by atoms with Crippen molar-refractivity contribution in [2.45, 2.75) is 32.4 Å². The zero-order chi connectivity index (χ0) is 15.3. The standard InChI is InChI=1S/C16H26N2O3/c1-2-3-9-21-13-15(19)11-17-12-16(20)18-10-14-7-5-4-6-8-14/h4-8,15,17,19H,2-3,9-13H2,1H3,(H,18,20). The third-order valence-corrected chi connectivity index (χ3v) is 2.95. The van der Waals surface area contributed by atoms with Crippen molar-refractivity contribution in [2.75, 3.05) is 26.3 Å². The number of unbranched alkanes of at least 4 members (excludes halogenated alkanes) is 1. The lowest BCUT2D eigenvalue weighted by Gasteiger charge is -2.12. The molecule has 0 spiro atoms. The molecule has 0 heterocycles. The number of ether oxygens (including phenoxy) is 1. The van der Waals surface area contributed by atoms with Gasteiger partial charge in [0.15, 0.2) is 0 Å². The van der Waals surface area contributed by atoms with E-state index >= 15 is 0 Å². The van der Waals surface area contributed by atoms with Gasteiger partial charge in [0, 0.05) is 19.7 Å². The predicted octanol–water partition coefficient (Wildman–Crippen LogP) is 1.07. The Morgan fingerprint density at radius 2 is 2.10 bits per heavy atom. The van der Waals surface area contributed by atoms with E-state index in [4.69, 9.17) is 4.74 Å². The third kappa shape index (κ3) is 9.18. The van der Waals surface area contributed by atoms with Crippen LogP contribution in [0.5, 0.6) is 0 Å². The number of hydrogen-bond donors (Lipinski definition) is 3. The van der Waals surface area contributed by atoms with E-state index in [-0.39, 0.29) is 12.5 Å². The van der Waals surface area contributed by atoms with Crippen LogP contribution in [0.15, 0.2) is 30.3 Å². The summed E-state index contributed by atoms with van der Waals surface area (Å²) in [5.74, 6) is -0.0852. The van der Waals surface area contributed by atoms with E-state index in [1.54, 1.807) is 0 Å². The van der Waals surface area contributed by atoms with Crippen LogP contribution in [0.1, 0.15) is 25.3 Å². The molecule has 1 unspecified atom stereocenters. The van der Waals surface area contributed by atoms with Gasteiger partial charge in [-0.2, -0.15) is 0 Å². The van der Waals surface area contributed by atoms with E-state index in [0.717, 1.165) is 18.4 Å². The summed E-state index contributed by atoms with van der Waals surface area (Å²) >= 11 is 0. The molecule has 0 aliphatic heterocycles. The Morgan fingerprint density at radius 1 is 1.33 bits per heavy atom. The Kier molecular flexibility index (Phi) is 9.44. The molecule has 3 N–H and O–H groups in total. The predicted molar refractivity (Wildman–Crippen MR) is 82.9 cm³/mol. The Labute approximate surface area is 126 Å². The van der Waals surface area contributed by atoms with Crippen molar-refractivity contribution in [2.24, 2.45) is 0 Å². The number of benzene rings is 1. The van der Waals surface area contributed by atoms with Gasteiger partial charge < -0.3 is 20.5 Å². The van der Waals surface area contributed by atoms with Gasteiger partial charge in [0.1, 0.15) is 0 Å². The van der Waals surface area contributed by atoms with Gasteiger partial charge in [-0.25, -0.2) is 0 Å². The highest BCUT2D eigenvalue weighted by molar-refractivity contribution is 5.77. The number of nitrogens with one attached hydrogen (secondary N) is 2. The molecule has 0 bridgehead atoms. The molecule has 1 aromatic rings. The minimum absolute atomic E-state index is 0.0852. The van der Waals surface area contributed by atoms with Gasteiger partial charge in [0.05, 0.1) is 19.3 Å². The first kappa shape index (κ1) is 17.6. The number of rotatable bonds is 11. The van der Waals surface area contributed by atoms with Crippen molar-refractivity contribution in [3.8, 4) is 0 Å². The maximum Gasteiger partial charge on any atom is 0.234 e. The zero-order valence-corrected chi connectivity index (χ0v) is 12.7. The number of aliphatic hydroxyl groups excluding tert-OH is 1. The van der Waals surface area contributed by atoms with Crippen LogP contribution < -0.4 is 10.6 Å². The quantitative estimate of drug-likeness (QED) is 0.534. The zero-order valence-electron chi connectivity index (χ0n) is 12.7. The lowest BCUT2D eigenvalue weighted by atomic mass is 10.2. The Morgan fingerprint density at radius 3 is 2.81 bits per heavy atom. The van der Waals surface area contributed by atoms with E-state index < -0.39 is 6.10 Å². The van der Waals surface area contributed by atoms with E-state index in [0.29, 0.717) is 26.3 Å². The first-order valence-corrected chi connectivity index (χ1v) is 7.49. The lowest BCUT2D eigenvalue weighted by Crippen LogP contribution is -2.38. The fourth-order valence-electron chi connectivity index (χ4n) is 1.74. The van der Waals surface area contributed by atoms with Crippen LogP contribution in [0.3, 0.4) is 0 Å². The monoisotopic (exact) mass is 294 g/mol. The van der Waals surface area contributed by atoms with E-state index in [1.807, 2.05) is 30.3 Å². The van der Waals surface area contributed by atoms with E-state index in [2.05, 4.69) is 17.6 Å². The molecule has 1 aromatic carbocycles. The molecule has 5 heteroatoms. The number of hydrogen-bond acceptors (Lipinski definition) is 4. The third-order valence-electron chi connectivity index (χ3n) is 2.95. The minimum Gasteiger partial charge on any atom is -0.389 e. The largest absolute Gasteiger partial charge is 0.389 e. The summed E-state index contributed by atoms with van der Waals surface area (Å²) in [6.45, 7) is 4.13. The number of carbonyl (C=O) groups is 1. The Hall–Kier alpha value is -1.43. The molecular weight excluding hydrogens is 268 g/mol. The fourth-order valence-corrected chi connectivity index (χ4v) is 1.74. The fraction of sp³-hybridized carbons (Fsp3) is 0.562. The summed E-state index contributed by atoms with van der Waals surface area (Å²) < 4.78 is 5.31. The van der Waals surface area contributed by atoms with Crippen LogP contribution in [0, 0.1) is 0 Å². The SMILES string of the molecule is CCCCOCC(O)CNCC(=O)NCc1ccccc1. The second kappa shape index (κ2) is 11.3. The molecule has 1 amide bonds. The molecule has 21 heavy (non-hydrogen) atoms.